The molecule has 0 aromatic carbocycles. The summed E-state index contributed by atoms with van der Waals surface area (Å²) in [5, 5.41) is 2.69. The fraction of sp³-hybridized carbons (Fsp3) is 0.500. The molecule has 1 aromatic rings. The van der Waals surface area contributed by atoms with Crippen molar-refractivity contribution in [3.63, 3.8) is 0 Å². The normalized spacial score (nSPS) is 13.8. The van der Waals surface area contributed by atoms with Crippen molar-refractivity contribution in [2.45, 2.75) is 44.2 Å². The quantitative estimate of drug-likeness (QED) is 0.737. The maximum Gasteiger partial charge on any atom is 0.244 e. The summed E-state index contributed by atoms with van der Waals surface area (Å²) in [5.41, 5.74) is 5.09. The topological polar surface area (TPSA) is 114 Å². The Labute approximate surface area is 119 Å². The van der Waals surface area contributed by atoms with Gasteiger partial charge in [-0.25, -0.2) is 13.4 Å². The number of aromatic nitrogens is 1. The van der Waals surface area contributed by atoms with E-state index in [4.69, 9.17) is 5.73 Å². The Balaban J connectivity index is 2.87. The lowest BCUT2D eigenvalue weighted by molar-refractivity contribution is -0.123. The molecule has 0 aliphatic rings. The molecular weight excluding hydrogens is 280 g/mol. The van der Waals surface area contributed by atoms with Gasteiger partial charge in [0.2, 0.25) is 15.9 Å². The van der Waals surface area contributed by atoms with E-state index in [0.717, 1.165) is 0 Å². The first-order valence-corrected chi connectivity index (χ1v) is 7.56. The van der Waals surface area contributed by atoms with Crippen LogP contribution in [0.1, 0.15) is 27.7 Å². The molecule has 0 spiro atoms. The van der Waals surface area contributed by atoms with Gasteiger partial charge in [-0.3, -0.25) is 4.79 Å². The van der Waals surface area contributed by atoms with Crippen LogP contribution in [-0.4, -0.2) is 30.9 Å². The van der Waals surface area contributed by atoms with Crippen molar-refractivity contribution in [3.05, 3.63) is 18.3 Å². The highest BCUT2D eigenvalue weighted by Gasteiger charge is 2.26. The summed E-state index contributed by atoms with van der Waals surface area (Å²) < 4.78 is 26.5. The van der Waals surface area contributed by atoms with Crippen LogP contribution in [0.25, 0.3) is 0 Å². The van der Waals surface area contributed by atoms with Crippen molar-refractivity contribution in [1.29, 1.82) is 0 Å². The summed E-state index contributed by atoms with van der Waals surface area (Å²) in [5.74, 6) is -0.521. The number of nitrogens with one attached hydrogen (secondary N) is 2. The predicted molar refractivity (Wildman–Crippen MR) is 76.3 cm³/mol. The molecule has 0 fully saturated rings. The van der Waals surface area contributed by atoms with Crippen molar-refractivity contribution in [2.75, 3.05) is 5.73 Å². The van der Waals surface area contributed by atoms with E-state index in [1.807, 2.05) is 20.8 Å². The van der Waals surface area contributed by atoms with Crippen molar-refractivity contribution in [1.82, 2.24) is 15.0 Å². The third-order valence-electron chi connectivity index (χ3n) is 2.31. The van der Waals surface area contributed by atoms with Gasteiger partial charge in [0.25, 0.3) is 0 Å². The van der Waals surface area contributed by atoms with Gasteiger partial charge in [-0.1, -0.05) is 0 Å². The van der Waals surface area contributed by atoms with E-state index in [2.05, 4.69) is 15.0 Å². The minimum absolute atomic E-state index is 0.108. The van der Waals surface area contributed by atoms with E-state index in [1.165, 1.54) is 25.3 Å². The lowest BCUT2D eigenvalue weighted by atomic mass is 10.1. The second kappa shape index (κ2) is 5.76. The molecule has 0 saturated carbocycles. The molecule has 1 aromatic heterocycles. The van der Waals surface area contributed by atoms with Gasteiger partial charge in [-0.2, -0.15) is 4.72 Å². The smallest absolute Gasteiger partial charge is 0.244 e. The lowest BCUT2D eigenvalue weighted by Gasteiger charge is -2.23. The van der Waals surface area contributed by atoms with Gasteiger partial charge in [-0.15, -0.1) is 0 Å². The predicted octanol–water partition coefficient (Wildman–Crippen LogP) is 0.245. The lowest BCUT2D eigenvalue weighted by Crippen LogP contribution is -2.50. The van der Waals surface area contributed by atoms with Crippen LogP contribution >= 0.6 is 0 Å². The number of carbonyl (C=O) groups is 1. The maximum absolute atomic E-state index is 12.1. The molecule has 0 aliphatic heterocycles. The van der Waals surface area contributed by atoms with E-state index >= 15 is 0 Å². The molecule has 0 aliphatic carbocycles. The molecule has 1 unspecified atom stereocenters. The Hall–Kier alpha value is -1.67. The third kappa shape index (κ3) is 4.46. The number of hydrogen-bond donors (Lipinski definition) is 3. The Morgan fingerprint density at radius 2 is 2.00 bits per heavy atom. The summed E-state index contributed by atoms with van der Waals surface area (Å²) in [6.07, 6.45) is 1.39. The number of nitrogen functional groups attached to an aromatic ring is 1. The summed E-state index contributed by atoms with van der Waals surface area (Å²) in [6, 6.07) is 1.88. The first-order valence-electron chi connectivity index (χ1n) is 6.08. The van der Waals surface area contributed by atoms with Gasteiger partial charge in [-0.05, 0) is 39.8 Å². The third-order valence-corrected chi connectivity index (χ3v) is 3.90. The van der Waals surface area contributed by atoms with Crippen LogP contribution < -0.4 is 15.8 Å². The van der Waals surface area contributed by atoms with Gasteiger partial charge >= 0.3 is 0 Å². The molecule has 1 amide bonds. The molecule has 0 saturated heterocycles. The Morgan fingerprint density at radius 3 is 2.50 bits per heavy atom. The van der Waals surface area contributed by atoms with Gasteiger partial charge in [0.15, 0.2) is 0 Å². The van der Waals surface area contributed by atoms with Crippen molar-refractivity contribution in [3.8, 4) is 0 Å². The van der Waals surface area contributed by atoms with E-state index < -0.39 is 27.5 Å². The van der Waals surface area contributed by atoms with E-state index in [9.17, 15) is 13.2 Å². The Bertz CT molecular complexity index is 593. The zero-order chi connectivity index (χ0) is 15.6. The number of nitrogens with zero attached hydrogens (tertiary/aromatic N) is 1. The molecule has 1 atom stereocenters. The van der Waals surface area contributed by atoms with Gasteiger partial charge in [0, 0.05) is 11.7 Å². The van der Waals surface area contributed by atoms with E-state index in [0.29, 0.717) is 0 Å². The van der Waals surface area contributed by atoms with Crippen LogP contribution in [0, 0.1) is 0 Å². The van der Waals surface area contributed by atoms with Gasteiger partial charge in [0.1, 0.15) is 10.7 Å². The van der Waals surface area contributed by atoms with Gasteiger partial charge in [0.05, 0.1) is 6.04 Å². The number of sulfonamides is 1. The molecule has 1 heterocycles. The van der Waals surface area contributed by atoms with Crippen LogP contribution in [-0.2, 0) is 14.8 Å². The molecule has 7 nitrogen and oxygen atoms in total. The summed E-state index contributed by atoms with van der Waals surface area (Å²) in [6.45, 7) is 6.90. The molecular formula is C12H20N4O3S. The standard InChI is InChI=1S/C12H20N4O3S/c1-8(11(17)15-12(2,3)4)16-20(18,19)9-6-5-7-14-10(9)13/h5-8,16H,1-4H3,(H2,13,14)(H,15,17). The van der Waals surface area contributed by atoms with Crippen LogP contribution in [0.2, 0.25) is 0 Å². The SMILES string of the molecule is CC(NS(=O)(=O)c1cccnc1N)C(=O)NC(C)(C)C. The summed E-state index contributed by atoms with van der Waals surface area (Å²) in [4.78, 5) is 15.4. The number of nitrogens with two attached hydrogens (primary N) is 1. The van der Waals surface area contributed by atoms with Crippen LogP contribution in [0.4, 0.5) is 5.82 Å². The monoisotopic (exact) mass is 300 g/mol. The molecule has 20 heavy (non-hydrogen) atoms. The highest BCUT2D eigenvalue weighted by atomic mass is 32.2. The minimum atomic E-state index is -3.89. The fourth-order valence-electron chi connectivity index (χ4n) is 1.46. The average molecular weight is 300 g/mol. The Morgan fingerprint density at radius 1 is 1.40 bits per heavy atom. The van der Waals surface area contributed by atoms with Gasteiger partial charge < -0.3 is 11.1 Å². The van der Waals surface area contributed by atoms with E-state index in [1.54, 1.807) is 0 Å². The molecule has 112 valence electrons. The fourth-order valence-corrected chi connectivity index (χ4v) is 2.74. The number of hydrogen-bond acceptors (Lipinski definition) is 5. The molecule has 8 heteroatoms. The number of carbonyl (C=O) groups excluding carboxylic acids is 1. The minimum Gasteiger partial charge on any atom is -0.383 e. The van der Waals surface area contributed by atoms with Crippen LogP contribution in [0.15, 0.2) is 23.2 Å². The second-order valence-electron chi connectivity index (χ2n) is 5.47. The number of amides is 1. The molecule has 1 rings (SSSR count). The zero-order valence-corrected chi connectivity index (χ0v) is 12.8. The van der Waals surface area contributed by atoms with Crippen molar-refractivity contribution in [2.24, 2.45) is 0 Å². The average Bonchev–Trinajstić information content (AvgIpc) is 2.26. The van der Waals surface area contributed by atoms with Crippen molar-refractivity contribution < 1.29 is 13.2 Å². The first kappa shape index (κ1) is 16.4. The largest absolute Gasteiger partial charge is 0.383 e. The Kier molecular flexibility index (Phi) is 4.72. The highest BCUT2D eigenvalue weighted by Crippen LogP contribution is 2.14. The molecule has 4 N–H and O–H groups in total. The summed E-state index contributed by atoms with van der Waals surface area (Å²) in [7, 11) is -3.89. The first-order chi connectivity index (χ1) is 9.03. The molecule has 0 radical (unpaired) electrons. The summed E-state index contributed by atoms with van der Waals surface area (Å²) >= 11 is 0. The maximum atomic E-state index is 12.1. The number of anilines is 1. The number of rotatable bonds is 4. The molecule has 0 bridgehead atoms. The van der Waals surface area contributed by atoms with E-state index in [-0.39, 0.29) is 10.7 Å². The highest BCUT2D eigenvalue weighted by molar-refractivity contribution is 7.89. The zero-order valence-electron chi connectivity index (χ0n) is 12.0. The number of pyridine rings is 1. The van der Waals surface area contributed by atoms with Crippen LogP contribution in [0.5, 0.6) is 0 Å². The van der Waals surface area contributed by atoms with Crippen LogP contribution in [0.3, 0.4) is 0 Å². The second-order valence-corrected chi connectivity index (χ2v) is 7.15. The van der Waals surface area contributed by atoms with Crippen molar-refractivity contribution >= 4 is 21.7 Å².